The molecule has 0 bridgehead atoms. The summed E-state index contributed by atoms with van der Waals surface area (Å²) in [4.78, 5) is 17.4. The third-order valence-electron chi connectivity index (χ3n) is 10.3. The van der Waals surface area contributed by atoms with Crippen LogP contribution >= 0.6 is 0 Å². The number of carbonyl (C=O) groups excluding carboxylic acids is 1. The first-order chi connectivity index (χ1) is 20.7. The minimum atomic E-state index is -3.17. The number of sulfone groups is 1. The fourth-order valence-electron chi connectivity index (χ4n) is 7.87. The summed E-state index contributed by atoms with van der Waals surface area (Å²) in [6.07, 6.45) is 5.17. The first-order valence-corrected chi connectivity index (χ1v) is 17.1. The summed E-state index contributed by atoms with van der Waals surface area (Å²) in [5.41, 5.74) is 0.871. The Balaban J connectivity index is 1.09. The maximum absolute atomic E-state index is 14.5. The summed E-state index contributed by atoms with van der Waals surface area (Å²) in [7, 11) is -1.82. The van der Waals surface area contributed by atoms with Gasteiger partial charge >= 0.3 is 6.09 Å². The summed E-state index contributed by atoms with van der Waals surface area (Å²) in [5, 5.41) is 13.6. The van der Waals surface area contributed by atoms with Crippen molar-refractivity contribution in [3.8, 4) is 6.07 Å². The van der Waals surface area contributed by atoms with E-state index >= 15 is 0 Å². The van der Waals surface area contributed by atoms with Crippen LogP contribution < -0.4 is 10.2 Å². The molecule has 0 unspecified atom stereocenters. The quantitative estimate of drug-likeness (QED) is 0.432. The van der Waals surface area contributed by atoms with E-state index in [0.29, 0.717) is 16.4 Å². The molecule has 4 aliphatic rings. The highest BCUT2D eigenvalue weighted by atomic mass is 32.2. The molecule has 230 valence electrons. The summed E-state index contributed by atoms with van der Waals surface area (Å²) in [6, 6.07) is 16.3. The number of amides is 1. The number of alkyl carbamates (subject to hydrolysis) is 1. The number of rotatable bonds is 9. The summed E-state index contributed by atoms with van der Waals surface area (Å²) in [6.45, 7) is 4.59. The summed E-state index contributed by atoms with van der Waals surface area (Å²) < 4.78 is 44.4. The number of nitrogens with zero attached hydrogens (tertiary/aromatic N) is 3. The Kier molecular flexibility index (Phi) is 8.40. The fraction of sp³-hybridized carbons (Fsp3) is 0.576. The van der Waals surface area contributed by atoms with Gasteiger partial charge in [-0.3, -0.25) is 0 Å². The zero-order valence-corrected chi connectivity index (χ0v) is 25.6. The minimum Gasteiger partial charge on any atom is -0.453 e. The van der Waals surface area contributed by atoms with Gasteiger partial charge in [-0.25, -0.2) is 17.6 Å². The van der Waals surface area contributed by atoms with Crippen molar-refractivity contribution in [1.82, 2.24) is 10.2 Å². The van der Waals surface area contributed by atoms with Crippen molar-refractivity contribution in [2.75, 3.05) is 44.7 Å². The molecule has 1 amide bonds. The molecule has 0 spiro atoms. The number of nitriles is 1. The van der Waals surface area contributed by atoms with Crippen LogP contribution in [0.15, 0.2) is 53.4 Å². The highest BCUT2D eigenvalue weighted by molar-refractivity contribution is 7.92. The molecule has 2 aliphatic carbocycles. The molecule has 3 atom stereocenters. The van der Waals surface area contributed by atoms with Crippen LogP contribution in [0.5, 0.6) is 0 Å². The van der Waals surface area contributed by atoms with E-state index in [-0.39, 0.29) is 28.9 Å². The van der Waals surface area contributed by atoms with Gasteiger partial charge in [0.1, 0.15) is 5.82 Å². The molecule has 6 rings (SSSR count). The van der Waals surface area contributed by atoms with Crippen molar-refractivity contribution in [2.24, 2.45) is 17.8 Å². The van der Waals surface area contributed by atoms with E-state index in [0.717, 1.165) is 83.4 Å². The first kappa shape index (κ1) is 29.9. The van der Waals surface area contributed by atoms with Gasteiger partial charge in [0.15, 0.2) is 9.84 Å². The SMILES string of the molecule is COC(=O)N[C@H]1CCC[C@@H]1[C@](C#N)(c1cccc(F)c1)C1CCN(CC2CN(c3ccc(S(=O)(=O)C4CC4)cc3)C2)CC1. The molecule has 0 radical (unpaired) electrons. The predicted octanol–water partition coefficient (Wildman–Crippen LogP) is 4.90. The number of benzene rings is 2. The lowest BCUT2D eigenvalue weighted by Crippen LogP contribution is -2.55. The molecule has 8 nitrogen and oxygen atoms in total. The average Bonchev–Trinajstić information content (AvgIpc) is 3.77. The highest BCUT2D eigenvalue weighted by Crippen LogP contribution is 2.50. The molecule has 1 N–H and O–H groups in total. The van der Waals surface area contributed by atoms with Crippen molar-refractivity contribution in [3.05, 3.63) is 59.9 Å². The molecule has 43 heavy (non-hydrogen) atoms. The third kappa shape index (κ3) is 5.86. The van der Waals surface area contributed by atoms with Gasteiger partial charge in [0, 0.05) is 43.2 Å². The second-order valence-corrected chi connectivity index (χ2v) is 15.1. The Labute approximate surface area is 254 Å². The largest absolute Gasteiger partial charge is 0.453 e. The Bertz CT molecular complexity index is 1460. The van der Waals surface area contributed by atoms with Gasteiger partial charge < -0.3 is 19.9 Å². The van der Waals surface area contributed by atoms with Gasteiger partial charge in [-0.1, -0.05) is 18.6 Å². The van der Waals surface area contributed by atoms with E-state index in [4.69, 9.17) is 4.74 Å². The molecule has 2 saturated carbocycles. The van der Waals surface area contributed by atoms with E-state index in [9.17, 15) is 22.9 Å². The van der Waals surface area contributed by atoms with E-state index < -0.39 is 21.3 Å². The van der Waals surface area contributed by atoms with E-state index in [1.54, 1.807) is 18.2 Å². The lowest BCUT2D eigenvalue weighted by molar-refractivity contribution is 0.0938. The molecular formula is C33H41FN4O4S. The Morgan fingerprint density at radius 1 is 1.07 bits per heavy atom. The summed E-state index contributed by atoms with van der Waals surface area (Å²) in [5.74, 6) is 0.0993. The van der Waals surface area contributed by atoms with Crippen LogP contribution in [0, 0.1) is 34.9 Å². The minimum absolute atomic E-state index is 0.0453. The lowest BCUT2D eigenvalue weighted by Gasteiger charge is -2.48. The van der Waals surface area contributed by atoms with E-state index in [2.05, 4.69) is 21.2 Å². The van der Waals surface area contributed by atoms with E-state index in [1.165, 1.54) is 19.2 Å². The topological polar surface area (TPSA) is 103 Å². The van der Waals surface area contributed by atoms with Gasteiger partial charge in [-0.15, -0.1) is 0 Å². The third-order valence-corrected chi connectivity index (χ3v) is 12.6. The van der Waals surface area contributed by atoms with Crippen molar-refractivity contribution < 1.29 is 22.3 Å². The van der Waals surface area contributed by atoms with Gasteiger partial charge in [0.05, 0.1) is 28.7 Å². The second kappa shape index (κ2) is 12.1. The maximum Gasteiger partial charge on any atom is 0.407 e. The van der Waals surface area contributed by atoms with Crippen LogP contribution in [0.1, 0.15) is 50.5 Å². The average molecular weight is 609 g/mol. The smallest absolute Gasteiger partial charge is 0.407 e. The zero-order valence-electron chi connectivity index (χ0n) is 24.8. The normalized spacial score (nSPS) is 25.0. The summed E-state index contributed by atoms with van der Waals surface area (Å²) >= 11 is 0. The molecule has 2 saturated heterocycles. The van der Waals surface area contributed by atoms with Crippen molar-refractivity contribution in [3.63, 3.8) is 0 Å². The maximum atomic E-state index is 14.5. The number of carbonyl (C=O) groups is 1. The number of piperidine rings is 1. The number of hydrogen-bond acceptors (Lipinski definition) is 7. The van der Waals surface area contributed by atoms with Crippen molar-refractivity contribution >= 4 is 21.6 Å². The number of hydrogen-bond donors (Lipinski definition) is 1. The molecule has 2 aromatic rings. The molecule has 4 fully saturated rings. The Hall–Kier alpha value is -3.16. The van der Waals surface area contributed by atoms with Gasteiger partial charge in [-0.2, -0.15) is 5.26 Å². The standard InChI is InChI=1S/C33H41FN4O4S/c1-42-32(39)36-31-7-3-6-30(31)33(22-35,25-4-2-5-26(34)18-25)24-14-16-37(17-15-24)19-23-20-38(21-23)27-8-10-28(11-9-27)43(40,41)29-12-13-29/h2,4-5,8-11,18,23-24,29-31H,3,6-7,12-17,19-21H2,1H3,(H,36,39)/t30-,31-,33-/m0/s1. The van der Waals surface area contributed by atoms with Gasteiger partial charge in [0.2, 0.25) is 0 Å². The van der Waals surface area contributed by atoms with Crippen LogP contribution in [0.4, 0.5) is 14.9 Å². The van der Waals surface area contributed by atoms with E-state index in [1.807, 2.05) is 18.2 Å². The molecule has 0 aromatic heterocycles. The number of halogens is 1. The van der Waals surface area contributed by atoms with Gasteiger partial charge in [-0.05, 0) is 99.5 Å². The second-order valence-electron chi connectivity index (χ2n) is 12.9. The number of ether oxygens (including phenoxy) is 1. The van der Waals surface area contributed by atoms with Gasteiger partial charge in [0.25, 0.3) is 0 Å². The molecule has 2 heterocycles. The zero-order chi connectivity index (χ0) is 30.2. The van der Waals surface area contributed by atoms with Crippen LogP contribution in [0.25, 0.3) is 0 Å². The highest BCUT2D eigenvalue weighted by Gasteiger charge is 2.53. The number of methoxy groups -OCH3 is 1. The predicted molar refractivity (Wildman–Crippen MR) is 162 cm³/mol. The fourth-order valence-corrected chi connectivity index (χ4v) is 9.53. The number of likely N-dealkylation sites (tertiary alicyclic amines) is 1. The monoisotopic (exact) mass is 608 g/mol. The lowest BCUT2D eigenvalue weighted by atomic mass is 9.59. The van der Waals surface area contributed by atoms with Crippen LogP contribution in [0.3, 0.4) is 0 Å². The molecule has 10 heteroatoms. The van der Waals surface area contributed by atoms with Crippen LogP contribution in [-0.2, 0) is 20.0 Å². The molecule has 2 aliphatic heterocycles. The molecule has 2 aromatic carbocycles. The van der Waals surface area contributed by atoms with Crippen LogP contribution in [-0.4, -0.2) is 70.5 Å². The van der Waals surface area contributed by atoms with Crippen LogP contribution in [0.2, 0.25) is 0 Å². The molecular weight excluding hydrogens is 567 g/mol. The Morgan fingerprint density at radius 2 is 1.79 bits per heavy atom. The van der Waals surface area contributed by atoms with Crippen molar-refractivity contribution in [2.45, 2.75) is 66.5 Å². The first-order valence-electron chi connectivity index (χ1n) is 15.6. The number of anilines is 1. The van der Waals surface area contributed by atoms with Crippen molar-refractivity contribution in [1.29, 1.82) is 5.26 Å². The Morgan fingerprint density at radius 3 is 2.42 bits per heavy atom. The number of nitrogens with one attached hydrogen (secondary N) is 1.